The Bertz CT molecular complexity index is 446. The third-order valence-corrected chi connectivity index (χ3v) is 3.77. The predicted molar refractivity (Wildman–Crippen MR) is 87.5 cm³/mol. The minimum Gasteiger partial charge on any atom is -0.480 e. The SMILES string of the molecule is CC[C@@H](Oc1ccccc1C)C(=O)NC(C(C)C)C(C)C. The lowest BCUT2D eigenvalue weighted by molar-refractivity contribution is -0.129. The van der Waals surface area contributed by atoms with Crippen molar-refractivity contribution >= 4 is 5.91 Å². The number of para-hydroxylation sites is 1. The molecule has 0 saturated heterocycles. The van der Waals surface area contributed by atoms with Crippen LogP contribution < -0.4 is 10.1 Å². The molecule has 0 aliphatic rings. The van der Waals surface area contributed by atoms with Gasteiger partial charge in [-0.1, -0.05) is 52.8 Å². The number of carbonyl (C=O) groups is 1. The molecule has 1 rings (SSSR count). The molecule has 0 fully saturated rings. The van der Waals surface area contributed by atoms with E-state index >= 15 is 0 Å². The summed E-state index contributed by atoms with van der Waals surface area (Å²) in [4.78, 5) is 12.5. The van der Waals surface area contributed by atoms with E-state index in [0.717, 1.165) is 11.3 Å². The van der Waals surface area contributed by atoms with Gasteiger partial charge in [0, 0.05) is 6.04 Å². The highest BCUT2D eigenvalue weighted by atomic mass is 16.5. The van der Waals surface area contributed by atoms with Crippen LogP contribution in [0, 0.1) is 18.8 Å². The summed E-state index contributed by atoms with van der Waals surface area (Å²) in [6, 6.07) is 7.97. The first-order valence-corrected chi connectivity index (χ1v) is 7.89. The molecule has 0 aliphatic carbocycles. The van der Waals surface area contributed by atoms with Crippen molar-refractivity contribution < 1.29 is 9.53 Å². The fourth-order valence-corrected chi connectivity index (χ4v) is 2.52. The average molecular weight is 291 g/mol. The van der Waals surface area contributed by atoms with Crippen LogP contribution in [0.25, 0.3) is 0 Å². The molecular weight excluding hydrogens is 262 g/mol. The minimum atomic E-state index is -0.439. The zero-order chi connectivity index (χ0) is 16.0. The summed E-state index contributed by atoms with van der Waals surface area (Å²) in [5, 5.41) is 3.14. The minimum absolute atomic E-state index is 0.0202. The molecule has 118 valence electrons. The Kier molecular flexibility index (Phi) is 6.73. The van der Waals surface area contributed by atoms with Gasteiger partial charge in [0.05, 0.1) is 0 Å². The molecule has 0 saturated carbocycles. The first kappa shape index (κ1) is 17.5. The first-order chi connectivity index (χ1) is 9.86. The van der Waals surface area contributed by atoms with Gasteiger partial charge < -0.3 is 10.1 Å². The molecule has 0 bridgehead atoms. The zero-order valence-corrected chi connectivity index (χ0v) is 14.1. The van der Waals surface area contributed by atoms with Crippen LogP contribution in [-0.2, 0) is 4.79 Å². The Labute approximate surface area is 129 Å². The molecule has 0 radical (unpaired) electrons. The summed E-state index contributed by atoms with van der Waals surface area (Å²) in [7, 11) is 0. The van der Waals surface area contributed by atoms with E-state index in [0.29, 0.717) is 18.3 Å². The van der Waals surface area contributed by atoms with Gasteiger partial charge in [0.2, 0.25) is 0 Å². The number of hydrogen-bond acceptors (Lipinski definition) is 2. The predicted octanol–water partition coefficient (Wildman–Crippen LogP) is 3.95. The lowest BCUT2D eigenvalue weighted by Gasteiger charge is -2.28. The van der Waals surface area contributed by atoms with Crippen LogP contribution in [0.15, 0.2) is 24.3 Å². The van der Waals surface area contributed by atoms with Gasteiger partial charge in [0.1, 0.15) is 5.75 Å². The third kappa shape index (κ3) is 5.07. The number of rotatable bonds is 7. The Balaban J connectivity index is 2.76. The fraction of sp³-hybridized carbons (Fsp3) is 0.611. The molecule has 1 N–H and O–H groups in total. The first-order valence-electron chi connectivity index (χ1n) is 7.89. The van der Waals surface area contributed by atoms with E-state index in [1.165, 1.54) is 0 Å². The second kappa shape index (κ2) is 8.06. The summed E-state index contributed by atoms with van der Waals surface area (Å²) in [5.74, 6) is 1.58. The Morgan fingerprint density at radius 3 is 2.19 bits per heavy atom. The maximum Gasteiger partial charge on any atom is 0.261 e. The maximum absolute atomic E-state index is 12.5. The molecule has 3 heteroatoms. The van der Waals surface area contributed by atoms with Crippen LogP contribution in [0.2, 0.25) is 0 Å². The van der Waals surface area contributed by atoms with Crippen LogP contribution in [-0.4, -0.2) is 18.1 Å². The molecule has 1 atom stereocenters. The van der Waals surface area contributed by atoms with Gasteiger partial charge in [0.15, 0.2) is 6.10 Å². The van der Waals surface area contributed by atoms with E-state index < -0.39 is 6.10 Å². The van der Waals surface area contributed by atoms with Crippen LogP contribution in [0.5, 0.6) is 5.75 Å². The largest absolute Gasteiger partial charge is 0.480 e. The van der Waals surface area contributed by atoms with E-state index in [1.807, 2.05) is 38.1 Å². The van der Waals surface area contributed by atoms with E-state index in [2.05, 4.69) is 33.0 Å². The van der Waals surface area contributed by atoms with Crippen LogP contribution >= 0.6 is 0 Å². The van der Waals surface area contributed by atoms with Crippen molar-refractivity contribution in [3.05, 3.63) is 29.8 Å². The summed E-state index contributed by atoms with van der Waals surface area (Å²) < 4.78 is 5.90. The highest BCUT2D eigenvalue weighted by molar-refractivity contribution is 5.81. The average Bonchev–Trinajstić information content (AvgIpc) is 2.42. The lowest BCUT2D eigenvalue weighted by Crippen LogP contribution is -2.48. The van der Waals surface area contributed by atoms with Gasteiger partial charge in [0.25, 0.3) is 5.91 Å². The zero-order valence-electron chi connectivity index (χ0n) is 14.1. The van der Waals surface area contributed by atoms with Gasteiger partial charge in [-0.25, -0.2) is 0 Å². The van der Waals surface area contributed by atoms with Crippen molar-refractivity contribution in [3.8, 4) is 5.75 Å². The summed E-state index contributed by atoms with van der Waals surface area (Å²) in [6.45, 7) is 12.5. The Hall–Kier alpha value is -1.51. The molecule has 21 heavy (non-hydrogen) atoms. The molecule has 0 aromatic heterocycles. The third-order valence-electron chi connectivity index (χ3n) is 3.77. The number of benzene rings is 1. The number of carbonyl (C=O) groups excluding carboxylic acids is 1. The number of amides is 1. The number of aryl methyl sites for hydroxylation is 1. The normalized spacial score (nSPS) is 12.8. The van der Waals surface area contributed by atoms with E-state index in [9.17, 15) is 4.79 Å². The topological polar surface area (TPSA) is 38.3 Å². The monoisotopic (exact) mass is 291 g/mol. The van der Waals surface area contributed by atoms with Crippen LogP contribution in [0.3, 0.4) is 0 Å². The van der Waals surface area contributed by atoms with Crippen LogP contribution in [0.1, 0.15) is 46.6 Å². The smallest absolute Gasteiger partial charge is 0.261 e. The van der Waals surface area contributed by atoms with Gasteiger partial charge in [-0.05, 0) is 36.8 Å². The van der Waals surface area contributed by atoms with Gasteiger partial charge in [-0.3, -0.25) is 4.79 Å². The van der Waals surface area contributed by atoms with Gasteiger partial charge >= 0.3 is 0 Å². The Morgan fingerprint density at radius 1 is 1.14 bits per heavy atom. The van der Waals surface area contributed by atoms with Crippen molar-refractivity contribution in [3.63, 3.8) is 0 Å². The fourth-order valence-electron chi connectivity index (χ4n) is 2.52. The number of ether oxygens (including phenoxy) is 1. The molecular formula is C18H29NO2. The second-order valence-electron chi connectivity index (χ2n) is 6.30. The van der Waals surface area contributed by atoms with Gasteiger partial charge in [-0.2, -0.15) is 0 Å². The van der Waals surface area contributed by atoms with Crippen molar-refractivity contribution in [1.29, 1.82) is 0 Å². The molecule has 0 spiro atoms. The summed E-state index contributed by atoms with van der Waals surface area (Å²) >= 11 is 0. The van der Waals surface area contributed by atoms with E-state index in [-0.39, 0.29) is 11.9 Å². The summed E-state index contributed by atoms with van der Waals surface area (Å²) in [6.07, 6.45) is 0.217. The highest BCUT2D eigenvalue weighted by Gasteiger charge is 2.25. The van der Waals surface area contributed by atoms with Crippen molar-refractivity contribution in [2.75, 3.05) is 0 Å². The molecule has 0 unspecified atom stereocenters. The molecule has 1 amide bonds. The summed E-state index contributed by atoms with van der Waals surface area (Å²) in [5.41, 5.74) is 1.05. The van der Waals surface area contributed by atoms with Crippen LogP contribution in [0.4, 0.5) is 0 Å². The maximum atomic E-state index is 12.5. The van der Waals surface area contributed by atoms with E-state index in [1.54, 1.807) is 0 Å². The van der Waals surface area contributed by atoms with E-state index in [4.69, 9.17) is 4.74 Å². The molecule has 0 heterocycles. The van der Waals surface area contributed by atoms with Gasteiger partial charge in [-0.15, -0.1) is 0 Å². The van der Waals surface area contributed by atoms with Crippen molar-refractivity contribution in [1.82, 2.24) is 5.32 Å². The molecule has 0 aliphatic heterocycles. The number of nitrogens with one attached hydrogen (secondary N) is 1. The highest BCUT2D eigenvalue weighted by Crippen LogP contribution is 2.19. The second-order valence-corrected chi connectivity index (χ2v) is 6.30. The molecule has 1 aromatic carbocycles. The standard InChI is InChI=1S/C18H29NO2/c1-7-15(21-16-11-9-8-10-14(16)6)18(20)19-17(12(2)3)13(4)5/h8-13,15,17H,7H2,1-6H3,(H,19,20)/t15-/m1/s1. The lowest BCUT2D eigenvalue weighted by atomic mass is 9.93. The quantitative estimate of drug-likeness (QED) is 0.826. The molecule has 3 nitrogen and oxygen atoms in total. The molecule has 1 aromatic rings. The van der Waals surface area contributed by atoms with Crippen molar-refractivity contribution in [2.24, 2.45) is 11.8 Å². The van der Waals surface area contributed by atoms with Crippen molar-refractivity contribution in [2.45, 2.75) is 60.1 Å². The Morgan fingerprint density at radius 2 is 1.71 bits per heavy atom. The number of hydrogen-bond donors (Lipinski definition) is 1.